The molecule has 0 aromatic heterocycles. The molecule has 0 bridgehead atoms. The lowest BCUT2D eigenvalue weighted by Crippen LogP contribution is -2.34. The number of carbonyl (C=O) groups is 3. The molecule has 0 aliphatic carbocycles. The van der Waals surface area contributed by atoms with E-state index < -0.39 is 11.7 Å². The van der Waals surface area contributed by atoms with Crippen LogP contribution in [0.15, 0.2) is 48.5 Å². The van der Waals surface area contributed by atoms with Gasteiger partial charge in [-0.05, 0) is 57.0 Å². The molecule has 0 radical (unpaired) electrons. The number of hydrogen-bond donors (Lipinski definition) is 3. The van der Waals surface area contributed by atoms with E-state index in [0.29, 0.717) is 17.8 Å². The van der Waals surface area contributed by atoms with Crippen molar-refractivity contribution in [3.05, 3.63) is 65.2 Å². The fourth-order valence-electron chi connectivity index (χ4n) is 2.63. The first-order valence-corrected chi connectivity index (χ1v) is 9.83. The fraction of sp³-hybridized carbons (Fsp3) is 0.348. The lowest BCUT2D eigenvalue weighted by atomic mass is 10.1. The predicted octanol–water partition coefficient (Wildman–Crippen LogP) is 3.78. The van der Waals surface area contributed by atoms with Gasteiger partial charge in [0.05, 0.1) is 0 Å². The summed E-state index contributed by atoms with van der Waals surface area (Å²) in [5.74, 6) is -0.338. The number of carbonyl (C=O) groups excluding carboxylic acids is 3. The average molecular weight is 412 g/mol. The topological polar surface area (TPSA) is 96.5 Å². The van der Waals surface area contributed by atoms with Crippen molar-refractivity contribution < 1.29 is 19.1 Å². The van der Waals surface area contributed by atoms with Crippen LogP contribution >= 0.6 is 0 Å². The van der Waals surface area contributed by atoms with Crippen LogP contribution in [-0.4, -0.2) is 30.1 Å². The van der Waals surface area contributed by atoms with Crippen LogP contribution in [0.5, 0.6) is 0 Å². The molecule has 0 aliphatic rings. The Kier molecular flexibility index (Phi) is 7.98. The van der Waals surface area contributed by atoms with Gasteiger partial charge in [0.1, 0.15) is 5.60 Å². The van der Waals surface area contributed by atoms with Crippen LogP contribution in [0.1, 0.15) is 48.7 Å². The summed E-state index contributed by atoms with van der Waals surface area (Å²) in [7, 11) is 0. The second kappa shape index (κ2) is 10.4. The first-order chi connectivity index (χ1) is 14.1. The molecule has 0 saturated heterocycles. The SMILES string of the molecule is Cc1ccccc1C(=O)NCc1ccc(NC(=O)CCNC(=O)OC(C)(C)C)cc1. The minimum atomic E-state index is -0.576. The van der Waals surface area contributed by atoms with E-state index in [9.17, 15) is 14.4 Å². The van der Waals surface area contributed by atoms with E-state index in [1.54, 1.807) is 39.0 Å². The highest BCUT2D eigenvalue weighted by Gasteiger charge is 2.16. The summed E-state index contributed by atoms with van der Waals surface area (Å²) in [5, 5.41) is 8.21. The van der Waals surface area contributed by atoms with Crippen molar-refractivity contribution in [3.8, 4) is 0 Å². The maximum absolute atomic E-state index is 12.3. The van der Waals surface area contributed by atoms with E-state index in [1.807, 2.05) is 37.3 Å². The molecule has 0 spiro atoms. The molecule has 2 aromatic rings. The van der Waals surface area contributed by atoms with E-state index in [2.05, 4.69) is 16.0 Å². The zero-order valence-corrected chi connectivity index (χ0v) is 17.9. The Morgan fingerprint density at radius 3 is 2.23 bits per heavy atom. The van der Waals surface area contributed by atoms with Crippen LogP contribution in [0, 0.1) is 6.92 Å². The fourth-order valence-corrected chi connectivity index (χ4v) is 2.63. The summed E-state index contributed by atoms with van der Waals surface area (Å²) in [4.78, 5) is 35.8. The molecule has 2 rings (SSSR count). The van der Waals surface area contributed by atoms with Crippen LogP contribution in [0.2, 0.25) is 0 Å². The van der Waals surface area contributed by atoms with E-state index in [4.69, 9.17) is 4.74 Å². The molecule has 0 fully saturated rings. The first-order valence-electron chi connectivity index (χ1n) is 9.83. The second-order valence-electron chi connectivity index (χ2n) is 7.92. The van der Waals surface area contributed by atoms with Crippen molar-refractivity contribution in [3.63, 3.8) is 0 Å². The molecule has 30 heavy (non-hydrogen) atoms. The second-order valence-corrected chi connectivity index (χ2v) is 7.92. The number of benzene rings is 2. The third kappa shape index (κ3) is 7.95. The zero-order chi connectivity index (χ0) is 22.1. The van der Waals surface area contributed by atoms with Gasteiger partial charge in [0.15, 0.2) is 0 Å². The van der Waals surface area contributed by atoms with Crippen LogP contribution in [0.4, 0.5) is 10.5 Å². The monoisotopic (exact) mass is 411 g/mol. The maximum atomic E-state index is 12.3. The first kappa shape index (κ1) is 22.9. The smallest absolute Gasteiger partial charge is 0.407 e. The zero-order valence-electron chi connectivity index (χ0n) is 17.9. The highest BCUT2D eigenvalue weighted by Crippen LogP contribution is 2.11. The molecule has 0 atom stereocenters. The van der Waals surface area contributed by atoms with Gasteiger partial charge < -0.3 is 20.7 Å². The summed E-state index contributed by atoms with van der Waals surface area (Å²) in [5.41, 5.74) is 2.57. The van der Waals surface area contributed by atoms with Crippen molar-refractivity contribution in [2.75, 3.05) is 11.9 Å². The molecule has 2 aromatic carbocycles. The predicted molar refractivity (Wildman–Crippen MR) is 116 cm³/mol. The van der Waals surface area contributed by atoms with E-state index in [-0.39, 0.29) is 24.8 Å². The number of hydrogen-bond acceptors (Lipinski definition) is 4. The van der Waals surface area contributed by atoms with Crippen molar-refractivity contribution >= 4 is 23.6 Å². The Morgan fingerprint density at radius 1 is 0.933 bits per heavy atom. The van der Waals surface area contributed by atoms with Crippen molar-refractivity contribution in [1.82, 2.24) is 10.6 Å². The third-order valence-corrected chi connectivity index (χ3v) is 4.10. The number of nitrogens with one attached hydrogen (secondary N) is 3. The summed E-state index contributed by atoms with van der Waals surface area (Å²) in [6, 6.07) is 14.6. The van der Waals surface area contributed by atoms with Gasteiger partial charge in [0, 0.05) is 30.8 Å². The molecule has 0 aliphatic heterocycles. The molecule has 7 nitrogen and oxygen atoms in total. The maximum Gasteiger partial charge on any atom is 0.407 e. The quantitative estimate of drug-likeness (QED) is 0.646. The van der Waals surface area contributed by atoms with Crippen LogP contribution in [0.3, 0.4) is 0 Å². The van der Waals surface area contributed by atoms with Gasteiger partial charge in [-0.3, -0.25) is 9.59 Å². The van der Waals surface area contributed by atoms with Gasteiger partial charge in [-0.1, -0.05) is 30.3 Å². The molecule has 3 N–H and O–H groups in total. The van der Waals surface area contributed by atoms with Gasteiger partial charge in [-0.15, -0.1) is 0 Å². The third-order valence-electron chi connectivity index (χ3n) is 4.10. The van der Waals surface area contributed by atoms with Gasteiger partial charge in [0.25, 0.3) is 5.91 Å². The van der Waals surface area contributed by atoms with Gasteiger partial charge >= 0.3 is 6.09 Å². The van der Waals surface area contributed by atoms with Gasteiger partial charge in [-0.25, -0.2) is 4.79 Å². The Hall–Kier alpha value is -3.35. The lowest BCUT2D eigenvalue weighted by Gasteiger charge is -2.19. The lowest BCUT2D eigenvalue weighted by molar-refractivity contribution is -0.116. The van der Waals surface area contributed by atoms with E-state index in [1.165, 1.54) is 0 Å². The van der Waals surface area contributed by atoms with Crippen molar-refractivity contribution in [2.45, 2.75) is 46.3 Å². The number of alkyl carbamates (subject to hydrolysis) is 1. The Labute approximate surface area is 177 Å². The Morgan fingerprint density at radius 2 is 1.60 bits per heavy atom. The van der Waals surface area contributed by atoms with Crippen LogP contribution in [-0.2, 0) is 16.1 Å². The van der Waals surface area contributed by atoms with E-state index in [0.717, 1.165) is 11.1 Å². The number of amides is 3. The molecule has 3 amide bonds. The number of ether oxygens (including phenoxy) is 1. The molecule has 0 unspecified atom stereocenters. The molecule has 7 heteroatoms. The van der Waals surface area contributed by atoms with Crippen LogP contribution in [0.25, 0.3) is 0 Å². The molecule has 0 saturated carbocycles. The van der Waals surface area contributed by atoms with Crippen molar-refractivity contribution in [1.29, 1.82) is 0 Å². The van der Waals surface area contributed by atoms with Gasteiger partial charge in [0.2, 0.25) is 5.91 Å². The number of aryl methyl sites for hydroxylation is 1. The molecular weight excluding hydrogens is 382 g/mol. The van der Waals surface area contributed by atoms with E-state index >= 15 is 0 Å². The number of anilines is 1. The summed E-state index contributed by atoms with van der Waals surface area (Å²) in [6.07, 6.45) is -0.416. The standard InChI is InChI=1S/C23H29N3O4/c1-16-7-5-6-8-19(16)21(28)25-15-17-9-11-18(12-10-17)26-20(27)13-14-24-22(29)30-23(2,3)4/h5-12H,13-15H2,1-4H3,(H,24,29)(H,25,28)(H,26,27). The summed E-state index contributed by atoms with van der Waals surface area (Å²) in [6.45, 7) is 7.80. The number of rotatable bonds is 7. The van der Waals surface area contributed by atoms with Gasteiger partial charge in [-0.2, -0.15) is 0 Å². The minimum absolute atomic E-state index is 0.122. The normalized spacial score (nSPS) is 10.8. The highest BCUT2D eigenvalue weighted by atomic mass is 16.6. The highest BCUT2D eigenvalue weighted by molar-refractivity contribution is 5.95. The molecule has 0 heterocycles. The van der Waals surface area contributed by atoms with Crippen molar-refractivity contribution in [2.24, 2.45) is 0 Å². The largest absolute Gasteiger partial charge is 0.444 e. The van der Waals surface area contributed by atoms with Crippen LogP contribution < -0.4 is 16.0 Å². The Bertz CT molecular complexity index is 886. The summed E-state index contributed by atoms with van der Waals surface area (Å²) < 4.78 is 5.11. The Balaban J connectivity index is 1.75. The minimum Gasteiger partial charge on any atom is -0.444 e. The summed E-state index contributed by atoms with van der Waals surface area (Å²) >= 11 is 0. The average Bonchev–Trinajstić information content (AvgIpc) is 2.66. The molecule has 160 valence electrons. The molecular formula is C23H29N3O4.